The van der Waals surface area contributed by atoms with E-state index in [1.807, 2.05) is 39.2 Å². The first-order valence-electron chi connectivity index (χ1n) is 6.19. The van der Waals surface area contributed by atoms with Gasteiger partial charge >= 0.3 is 0 Å². The smallest absolute Gasteiger partial charge is 0.252 e. The summed E-state index contributed by atoms with van der Waals surface area (Å²) in [6, 6.07) is 5.86. The summed E-state index contributed by atoms with van der Waals surface area (Å²) in [4.78, 5) is 11.8. The molecule has 4 nitrogen and oxygen atoms in total. The van der Waals surface area contributed by atoms with Crippen LogP contribution in [0.4, 0.5) is 0 Å². The van der Waals surface area contributed by atoms with Crippen LogP contribution in [0.2, 0.25) is 0 Å². The molecular formula is C14H13N3OS2. The van der Waals surface area contributed by atoms with Crippen LogP contribution < -0.4 is 5.32 Å². The molecule has 6 heteroatoms. The van der Waals surface area contributed by atoms with Crippen molar-refractivity contribution in [3.63, 3.8) is 0 Å². The van der Waals surface area contributed by atoms with Crippen LogP contribution in [0, 0.1) is 0 Å². The molecule has 0 radical (unpaired) electrons. The number of amides is 1. The molecule has 0 bridgehead atoms. The first kappa shape index (κ1) is 13.1. The average molecular weight is 303 g/mol. The minimum absolute atomic E-state index is 0.0311. The van der Waals surface area contributed by atoms with Gasteiger partial charge in [0, 0.05) is 34.6 Å². The fourth-order valence-corrected chi connectivity index (χ4v) is 3.12. The van der Waals surface area contributed by atoms with Crippen LogP contribution in [0.5, 0.6) is 0 Å². The standard InChI is InChI=1S/C14H13N3OS2/c18-14(12-3-8-20-10-12)15-4-6-17-5-1-13(16-17)11-2-7-19-9-11/h1-3,5,7-10H,4,6H2,(H,15,18). The summed E-state index contributed by atoms with van der Waals surface area (Å²) in [5.74, 6) is -0.0311. The molecule has 0 fully saturated rings. The molecule has 0 aliphatic carbocycles. The fourth-order valence-electron chi connectivity index (χ4n) is 1.83. The molecule has 20 heavy (non-hydrogen) atoms. The zero-order valence-corrected chi connectivity index (χ0v) is 12.3. The second-order valence-electron chi connectivity index (χ2n) is 4.24. The van der Waals surface area contributed by atoms with Crippen molar-refractivity contribution in [2.24, 2.45) is 0 Å². The quantitative estimate of drug-likeness (QED) is 0.787. The summed E-state index contributed by atoms with van der Waals surface area (Å²) < 4.78 is 1.85. The van der Waals surface area contributed by atoms with Gasteiger partial charge in [0.05, 0.1) is 12.2 Å². The van der Waals surface area contributed by atoms with Crippen LogP contribution in [0.1, 0.15) is 10.4 Å². The predicted octanol–water partition coefficient (Wildman–Crippen LogP) is 3.10. The van der Waals surface area contributed by atoms with E-state index >= 15 is 0 Å². The molecule has 0 atom stereocenters. The van der Waals surface area contributed by atoms with Crippen molar-refractivity contribution in [3.05, 3.63) is 51.5 Å². The van der Waals surface area contributed by atoms with Gasteiger partial charge in [0.1, 0.15) is 0 Å². The Hall–Kier alpha value is -1.92. The highest BCUT2D eigenvalue weighted by Crippen LogP contribution is 2.19. The van der Waals surface area contributed by atoms with Crippen LogP contribution in [0.15, 0.2) is 45.9 Å². The van der Waals surface area contributed by atoms with Gasteiger partial charge in [0.2, 0.25) is 0 Å². The van der Waals surface area contributed by atoms with E-state index in [1.54, 1.807) is 11.3 Å². The van der Waals surface area contributed by atoms with Gasteiger partial charge in [-0.25, -0.2) is 0 Å². The highest BCUT2D eigenvalue weighted by Gasteiger charge is 2.05. The second kappa shape index (κ2) is 6.02. The van der Waals surface area contributed by atoms with Gasteiger partial charge < -0.3 is 5.32 Å². The number of aromatic nitrogens is 2. The molecule has 0 saturated carbocycles. The summed E-state index contributed by atoms with van der Waals surface area (Å²) in [5, 5.41) is 15.2. The van der Waals surface area contributed by atoms with Crippen LogP contribution in [0.25, 0.3) is 11.3 Å². The number of carbonyl (C=O) groups is 1. The van der Waals surface area contributed by atoms with Crippen LogP contribution in [-0.4, -0.2) is 22.2 Å². The van der Waals surface area contributed by atoms with Gasteiger partial charge in [-0.05, 0) is 29.0 Å². The van der Waals surface area contributed by atoms with E-state index in [0.29, 0.717) is 13.1 Å². The Morgan fingerprint density at radius 3 is 2.80 bits per heavy atom. The molecule has 0 unspecified atom stereocenters. The summed E-state index contributed by atoms with van der Waals surface area (Å²) in [7, 11) is 0. The molecule has 0 aromatic carbocycles. The van der Waals surface area contributed by atoms with E-state index in [1.165, 1.54) is 11.3 Å². The average Bonchev–Trinajstić information content (AvgIpc) is 3.20. The number of hydrogen-bond donors (Lipinski definition) is 1. The van der Waals surface area contributed by atoms with Crippen molar-refractivity contribution in [2.75, 3.05) is 6.54 Å². The van der Waals surface area contributed by atoms with Crippen LogP contribution in [-0.2, 0) is 6.54 Å². The summed E-state index contributed by atoms with van der Waals surface area (Å²) in [6.45, 7) is 1.24. The number of carbonyl (C=O) groups excluding carboxylic acids is 1. The van der Waals surface area contributed by atoms with Crippen molar-refractivity contribution in [1.29, 1.82) is 0 Å². The van der Waals surface area contributed by atoms with E-state index < -0.39 is 0 Å². The fraction of sp³-hybridized carbons (Fsp3) is 0.143. The third kappa shape index (κ3) is 2.97. The van der Waals surface area contributed by atoms with Gasteiger partial charge in [-0.15, -0.1) is 0 Å². The third-order valence-corrected chi connectivity index (χ3v) is 4.23. The maximum absolute atomic E-state index is 11.8. The Morgan fingerprint density at radius 1 is 1.20 bits per heavy atom. The summed E-state index contributed by atoms with van der Waals surface area (Å²) in [5.41, 5.74) is 2.82. The van der Waals surface area contributed by atoms with Gasteiger partial charge in [-0.1, -0.05) is 0 Å². The molecule has 1 amide bonds. The Kier molecular flexibility index (Phi) is 3.94. The maximum Gasteiger partial charge on any atom is 0.252 e. The molecule has 1 N–H and O–H groups in total. The highest BCUT2D eigenvalue weighted by molar-refractivity contribution is 7.08. The first-order valence-corrected chi connectivity index (χ1v) is 8.08. The van der Waals surface area contributed by atoms with Crippen molar-refractivity contribution >= 4 is 28.6 Å². The van der Waals surface area contributed by atoms with E-state index in [2.05, 4.69) is 21.9 Å². The van der Waals surface area contributed by atoms with Crippen LogP contribution in [0.3, 0.4) is 0 Å². The van der Waals surface area contributed by atoms with E-state index in [9.17, 15) is 4.79 Å². The molecular weight excluding hydrogens is 290 g/mol. The third-order valence-electron chi connectivity index (χ3n) is 2.87. The molecule has 0 spiro atoms. The molecule has 0 aliphatic rings. The van der Waals surface area contributed by atoms with E-state index in [0.717, 1.165) is 16.8 Å². The molecule has 3 aromatic heterocycles. The molecule has 3 aromatic rings. The normalized spacial score (nSPS) is 10.6. The SMILES string of the molecule is O=C(NCCn1ccc(-c2ccsc2)n1)c1ccsc1. The number of thiophene rings is 2. The Bertz CT molecular complexity index is 671. The minimum atomic E-state index is -0.0311. The topological polar surface area (TPSA) is 46.9 Å². The summed E-state index contributed by atoms with van der Waals surface area (Å²) >= 11 is 3.18. The number of hydrogen-bond acceptors (Lipinski definition) is 4. The lowest BCUT2D eigenvalue weighted by Crippen LogP contribution is -2.26. The maximum atomic E-state index is 11.8. The predicted molar refractivity (Wildman–Crippen MR) is 82.2 cm³/mol. The molecule has 0 saturated heterocycles. The van der Waals surface area contributed by atoms with Crippen LogP contribution >= 0.6 is 22.7 Å². The number of nitrogens with zero attached hydrogens (tertiary/aromatic N) is 2. The van der Waals surface area contributed by atoms with Crippen molar-refractivity contribution in [2.45, 2.75) is 6.54 Å². The Labute approximate surface area is 124 Å². The lowest BCUT2D eigenvalue weighted by atomic mass is 10.2. The number of rotatable bonds is 5. The van der Waals surface area contributed by atoms with E-state index in [-0.39, 0.29) is 5.91 Å². The monoisotopic (exact) mass is 303 g/mol. The largest absolute Gasteiger partial charge is 0.350 e. The lowest BCUT2D eigenvalue weighted by Gasteiger charge is -2.04. The minimum Gasteiger partial charge on any atom is -0.350 e. The van der Waals surface area contributed by atoms with Crippen molar-refractivity contribution in [3.8, 4) is 11.3 Å². The van der Waals surface area contributed by atoms with Crippen molar-refractivity contribution < 1.29 is 4.79 Å². The van der Waals surface area contributed by atoms with Crippen molar-refractivity contribution in [1.82, 2.24) is 15.1 Å². The highest BCUT2D eigenvalue weighted by atomic mass is 32.1. The second-order valence-corrected chi connectivity index (χ2v) is 5.80. The van der Waals surface area contributed by atoms with Gasteiger partial charge in [-0.2, -0.15) is 27.8 Å². The van der Waals surface area contributed by atoms with Gasteiger partial charge in [-0.3, -0.25) is 9.48 Å². The first-order chi connectivity index (χ1) is 9.83. The zero-order chi connectivity index (χ0) is 13.8. The zero-order valence-electron chi connectivity index (χ0n) is 10.7. The Balaban J connectivity index is 1.53. The van der Waals surface area contributed by atoms with Gasteiger partial charge in [0.25, 0.3) is 5.91 Å². The van der Waals surface area contributed by atoms with Gasteiger partial charge in [0.15, 0.2) is 0 Å². The summed E-state index contributed by atoms with van der Waals surface area (Å²) in [6.07, 6.45) is 1.93. The lowest BCUT2D eigenvalue weighted by molar-refractivity contribution is 0.0952. The Morgan fingerprint density at radius 2 is 2.05 bits per heavy atom. The number of nitrogens with one attached hydrogen (secondary N) is 1. The van der Waals surface area contributed by atoms with E-state index in [4.69, 9.17) is 0 Å². The molecule has 3 heterocycles. The molecule has 0 aliphatic heterocycles. The molecule has 102 valence electrons. The molecule has 3 rings (SSSR count).